The topological polar surface area (TPSA) is 75.3 Å². The summed E-state index contributed by atoms with van der Waals surface area (Å²) < 4.78 is 27.9. The Hall–Kier alpha value is -2.83. The number of nitrogens with one attached hydrogen (secondary N) is 2. The summed E-state index contributed by atoms with van der Waals surface area (Å²) in [6.45, 7) is 3.93. The third-order valence-corrected chi connectivity index (χ3v) is 6.14. The quantitative estimate of drug-likeness (QED) is 0.616. The summed E-state index contributed by atoms with van der Waals surface area (Å²) in [6, 6.07) is 18.2. The fourth-order valence-corrected chi connectivity index (χ4v) is 4.17. The molecular weight excluding hydrogens is 396 g/mol. The molecule has 0 radical (unpaired) electrons. The Morgan fingerprint density at radius 3 is 2.25 bits per heavy atom. The van der Waals surface area contributed by atoms with E-state index in [4.69, 9.17) is 11.6 Å². The molecule has 0 spiro atoms. The van der Waals surface area contributed by atoms with Gasteiger partial charge in [0.15, 0.2) is 0 Å². The zero-order valence-corrected chi connectivity index (χ0v) is 16.9. The Balaban J connectivity index is 1.88. The first-order valence-corrected chi connectivity index (χ1v) is 10.4. The SMILES string of the molecule is Cc1ccc(NC(=O)c2ccc(Cl)c(S(=O)(=O)Nc3ccccc3)c2)cc1C. The molecule has 3 rings (SSSR count). The molecule has 0 fully saturated rings. The smallest absolute Gasteiger partial charge is 0.263 e. The lowest BCUT2D eigenvalue weighted by Gasteiger charge is -2.12. The summed E-state index contributed by atoms with van der Waals surface area (Å²) >= 11 is 6.10. The Bertz CT molecular complexity index is 1130. The Morgan fingerprint density at radius 2 is 1.57 bits per heavy atom. The highest BCUT2D eigenvalue weighted by Crippen LogP contribution is 2.25. The minimum atomic E-state index is -3.95. The van der Waals surface area contributed by atoms with Gasteiger partial charge >= 0.3 is 0 Å². The molecular formula is C21H19ClN2O3S. The normalized spacial score (nSPS) is 11.1. The number of hydrogen-bond donors (Lipinski definition) is 2. The van der Waals surface area contributed by atoms with Gasteiger partial charge in [0, 0.05) is 16.9 Å². The van der Waals surface area contributed by atoms with Crippen LogP contribution >= 0.6 is 11.6 Å². The fourth-order valence-electron chi connectivity index (χ4n) is 2.59. The van der Waals surface area contributed by atoms with Crippen molar-refractivity contribution in [1.82, 2.24) is 0 Å². The van der Waals surface area contributed by atoms with Crippen molar-refractivity contribution in [2.24, 2.45) is 0 Å². The van der Waals surface area contributed by atoms with Gasteiger partial charge in [0.05, 0.1) is 5.02 Å². The monoisotopic (exact) mass is 414 g/mol. The Morgan fingerprint density at radius 1 is 0.857 bits per heavy atom. The van der Waals surface area contributed by atoms with Gasteiger partial charge in [-0.25, -0.2) is 8.42 Å². The van der Waals surface area contributed by atoms with Crippen molar-refractivity contribution in [1.29, 1.82) is 0 Å². The summed E-state index contributed by atoms with van der Waals surface area (Å²) in [6.07, 6.45) is 0. The predicted octanol–water partition coefficient (Wildman–Crippen LogP) is 5.01. The van der Waals surface area contributed by atoms with Crippen molar-refractivity contribution in [2.45, 2.75) is 18.7 Å². The van der Waals surface area contributed by atoms with Crippen LogP contribution in [0.1, 0.15) is 21.5 Å². The van der Waals surface area contributed by atoms with Gasteiger partial charge in [-0.15, -0.1) is 0 Å². The molecule has 0 aliphatic rings. The van der Waals surface area contributed by atoms with Gasteiger partial charge in [0.1, 0.15) is 4.90 Å². The second-order valence-corrected chi connectivity index (χ2v) is 8.43. The first-order chi connectivity index (χ1) is 13.3. The summed E-state index contributed by atoms with van der Waals surface area (Å²) in [5.41, 5.74) is 3.39. The van der Waals surface area contributed by atoms with E-state index in [2.05, 4.69) is 10.0 Å². The maximum Gasteiger partial charge on any atom is 0.263 e. The van der Waals surface area contributed by atoms with Crippen molar-refractivity contribution in [3.8, 4) is 0 Å². The van der Waals surface area contributed by atoms with E-state index in [9.17, 15) is 13.2 Å². The van der Waals surface area contributed by atoms with E-state index in [1.165, 1.54) is 18.2 Å². The molecule has 28 heavy (non-hydrogen) atoms. The molecule has 0 unspecified atom stereocenters. The van der Waals surface area contributed by atoms with Crippen molar-refractivity contribution < 1.29 is 13.2 Å². The van der Waals surface area contributed by atoms with E-state index < -0.39 is 15.9 Å². The van der Waals surface area contributed by atoms with E-state index >= 15 is 0 Å². The third-order valence-electron chi connectivity index (χ3n) is 4.27. The van der Waals surface area contributed by atoms with Gasteiger partial charge in [0.2, 0.25) is 0 Å². The number of aryl methyl sites for hydroxylation is 2. The number of amides is 1. The van der Waals surface area contributed by atoms with Gasteiger partial charge in [-0.1, -0.05) is 35.9 Å². The largest absolute Gasteiger partial charge is 0.322 e. The highest BCUT2D eigenvalue weighted by Gasteiger charge is 2.20. The van der Waals surface area contributed by atoms with Crippen LogP contribution in [0.5, 0.6) is 0 Å². The minimum absolute atomic E-state index is 0.0335. The van der Waals surface area contributed by atoms with Crippen molar-refractivity contribution in [3.63, 3.8) is 0 Å². The average Bonchev–Trinajstić information content (AvgIpc) is 2.65. The standard InChI is InChI=1S/C21H19ClN2O3S/c1-14-8-10-18(12-15(14)2)23-21(25)16-9-11-19(22)20(13-16)28(26,27)24-17-6-4-3-5-7-17/h3-13,24H,1-2H3,(H,23,25). The van der Waals surface area contributed by atoms with Crippen molar-refractivity contribution >= 4 is 38.9 Å². The van der Waals surface area contributed by atoms with E-state index in [-0.39, 0.29) is 15.5 Å². The average molecular weight is 415 g/mol. The molecule has 7 heteroatoms. The van der Waals surface area contributed by atoms with Crippen LogP contribution in [-0.2, 0) is 10.0 Å². The number of halogens is 1. The van der Waals surface area contributed by atoms with Crippen LogP contribution in [0.4, 0.5) is 11.4 Å². The van der Waals surface area contributed by atoms with Gasteiger partial charge in [-0.3, -0.25) is 9.52 Å². The third kappa shape index (κ3) is 4.52. The van der Waals surface area contributed by atoms with Crippen LogP contribution in [0.15, 0.2) is 71.6 Å². The summed E-state index contributed by atoms with van der Waals surface area (Å²) in [5, 5.41) is 2.81. The summed E-state index contributed by atoms with van der Waals surface area (Å²) in [4.78, 5) is 12.4. The molecule has 144 valence electrons. The number of rotatable bonds is 5. The van der Waals surface area contributed by atoms with Crippen molar-refractivity contribution in [3.05, 3.63) is 88.4 Å². The van der Waals surface area contributed by atoms with Gasteiger partial charge < -0.3 is 5.32 Å². The molecule has 5 nitrogen and oxygen atoms in total. The van der Waals surface area contributed by atoms with Crippen LogP contribution < -0.4 is 10.0 Å². The van der Waals surface area contributed by atoms with Crippen LogP contribution in [0.3, 0.4) is 0 Å². The molecule has 0 heterocycles. The molecule has 0 aliphatic carbocycles. The highest BCUT2D eigenvalue weighted by atomic mass is 35.5. The highest BCUT2D eigenvalue weighted by molar-refractivity contribution is 7.92. The summed E-state index contributed by atoms with van der Waals surface area (Å²) in [5.74, 6) is -0.420. The zero-order valence-electron chi connectivity index (χ0n) is 15.4. The van der Waals surface area contributed by atoms with Crippen LogP contribution in [-0.4, -0.2) is 14.3 Å². The van der Waals surface area contributed by atoms with E-state index in [1.54, 1.807) is 36.4 Å². The molecule has 1 amide bonds. The van der Waals surface area contributed by atoms with E-state index in [0.717, 1.165) is 11.1 Å². The van der Waals surface area contributed by atoms with Gasteiger partial charge in [-0.05, 0) is 67.4 Å². The zero-order chi connectivity index (χ0) is 20.3. The van der Waals surface area contributed by atoms with Crippen LogP contribution in [0, 0.1) is 13.8 Å². The molecule has 2 N–H and O–H groups in total. The number of sulfonamides is 1. The molecule has 3 aromatic carbocycles. The van der Waals surface area contributed by atoms with Crippen molar-refractivity contribution in [2.75, 3.05) is 10.0 Å². The Kier molecular flexibility index (Phi) is 5.72. The second-order valence-electron chi connectivity index (χ2n) is 6.37. The lowest BCUT2D eigenvalue weighted by molar-refractivity contribution is 0.102. The Labute approximate surface area is 169 Å². The lowest BCUT2D eigenvalue weighted by Crippen LogP contribution is -2.16. The molecule has 0 bridgehead atoms. The molecule has 0 aliphatic heterocycles. The van der Waals surface area contributed by atoms with E-state index in [0.29, 0.717) is 11.4 Å². The molecule has 0 aromatic heterocycles. The van der Waals surface area contributed by atoms with Crippen LogP contribution in [0.25, 0.3) is 0 Å². The number of carbonyl (C=O) groups is 1. The first kappa shape index (κ1) is 19.9. The predicted molar refractivity (Wildman–Crippen MR) is 113 cm³/mol. The second kappa shape index (κ2) is 8.04. The maximum atomic E-state index is 12.7. The lowest BCUT2D eigenvalue weighted by atomic mass is 10.1. The minimum Gasteiger partial charge on any atom is -0.322 e. The van der Waals surface area contributed by atoms with Gasteiger partial charge in [0.25, 0.3) is 15.9 Å². The molecule has 3 aromatic rings. The van der Waals surface area contributed by atoms with Gasteiger partial charge in [-0.2, -0.15) is 0 Å². The van der Waals surface area contributed by atoms with Crippen LogP contribution in [0.2, 0.25) is 5.02 Å². The molecule has 0 saturated carbocycles. The maximum absolute atomic E-state index is 12.7. The fraction of sp³-hybridized carbons (Fsp3) is 0.0952. The molecule has 0 saturated heterocycles. The number of carbonyl (C=O) groups excluding carboxylic acids is 1. The number of para-hydroxylation sites is 1. The van der Waals surface area contributed by atoms with E-state index in [1.807, 2.05) is 26.0 Å². The molecule has 0 atom stereocenters. The number of hydrogen-bond acceptors (Lipinski definition) is 3. The first-order valence-electron chi connectivity index (χ1n) is 8.52. The number of benzene rings is 3. The summed E-state index contributed by atoms with van der Waals surface area (Å²) in [7, 11) is -3.95. The number of anilines is 2.